The Hall–Kier alpha value is -4.26. The van der Waals surface area contributed by atoms with Crippen LogP contribution in [0.2, 0.25) is 0 Å². The Morgan fingerprint density at radius 2 is 2.05 bits per heavy atom. The molecule has 12 nitrogen and oxygen atoms in total. The lowest BCUT2D eigenvalue weighted by molar-refractivity contribution is 0.0541. The van der Waals surface area contributed by atoms with Gasteiger partial charge in [-0.25, -0.2) is 14.2 Å². The maximum atomic E-state index is 15.3. The smallest absolute Gasteiger partial charge is 0.325 e. The first-order chi connectivity index (χ1) is 18.6. The number of likely N-dealkylation sites (N-methyl/N-ethyl adjacent to an activating group) is 1. The van der Waals surface area contributed by atoms with E-state index in [0.29, 0.717) is 44.4 Å². The van der Waals surface area contributed by atoms with Crippen molar-refractivity contribution in [3.05, 3.63) is 41.9 Å². The Balaban J connectivity index is 1.57. The van der Waals surface area contributed by atoms with E-state index in [2.05, 4.69) is 25.3 Å². The molecular formula is C26H30FN7O5. The molecule has 3 amide bonds. The van der Waals surface area contributed by atoms with Crippen LogP contribution in [0.15, 0.2) is 35.1 Å². The van der Waals surface area contributed by atoms with Crippen molar-refractivity contribution in [2.45, 2.75) is 39.3 Å². The second-order valence-electron chi connectivity index (χ2n) is 10.0. The lowest BCUT2D eigenvalue weighted by atomic mass is 10.0. The van der Waals surface area contributed by atoms with E-state index in [0.717, 1.165) is 0 Å². The summed E-state index contributed by atoms with van der Waals surface area (Å²) in [6.45, 7) is 10.00. The Morgan fingerprint density at radius 1 is 1.23 bits per heavy atom. The van der Waals surface area contributed by atoms with Gasteiger partial charge in [0.05, 0.1) is 37.2 Å². The number of nitrogens with one attached hydrogen (secondary N) is 2. The summed E-state index contributed by atoms with van der Waals surface area (Å²) in [5.74, 6) is -0.327. The lowest BCUT2D eigenvalue weighted by Gasteiger charge is -2.34. The molecule has 0 saturated carbocycles. The zero-order chi connectivity index (χ0) is 27.7. The average Bonchev–Trinajstić information content (AvgIpc) is 3.37. The molecule has 1 aromatic carbocycles. The summed E-state index contributed by atoms with van der Waals surface area (Å²) in [5.41, 5.74) is -0.0419. The molecule has 2 aromatic heterocycles. The number of ether oxygens (including phenoxy) is 2. The molecule has 0 bridgehead atoms. The number of hydrogen-bond donors (Lipinski definition) is 2. The molecule has 4 heterocycles. The second kappa shape index (κ2) is 10.5. The number of carbonyl (C=O) groups is 2. The Labute approximate surface area is 224 Å². The first-order valence-corrected chi connectivity index (χ1v) is 12.7. The highest BCUT2D eigenvalue weighted by atomic mass is 19.1. The highest BCUT2D eigenvalue weighted by Gasteiger charge is 2.38. The van der Waals surface area contributed by atoms with Gasteiger partial charge in [-0.15, -0.1) is 0 Å². The van der Waals surface area contributed by atoms with E-state index in [1.54, 1.807) is 11.0 Å². The number of nitrogens with zero attached hydrogens (tertiary/aromatic N) is 5. The normalized spacial score (nSPS) is 18.7. The number of morpholine rings is 1. The van der Waals surface area contributed by atoms with Crippen molar-refractivity contribution in [2.24, 2.45) is 0 Å². The van der Waals surface area contributed by atoms with Crippen LogP contribution in [0, 0.1) is 5.82 Å². The molecule has 2 aliphatic rings. The molecule has 206 valence electrons. The molecule has 2 N–H and O–H groups in total. The van der Waals surface area contributed by atoms with Gasteiger partial charge in [-0.2, -0.15) is 4.98 Å². The zero-order valence-electron chi connectivity index (χ0n) is 22.2. The highest BCUT2D eigenvalue weighted by molar-refractivity contribution is 6.03. The van der Waals surface area contributed by atoms with Gasteiger partial charge < -0.3 is 29.1 Å². The minimum absolute atomic E-state index is 0.0159. The molecule has 3 aromatic rings. The van der Waals surface area contributed by atoms with Gasteiger partial charge in [0.15, 0.2) is 5.82 Å². The van der Waals surface area contributed by atoms with Crippen molar-refractivity contribution >= 4 is 29.4 Å². The summed E-state index contributed by atoms with van der Waals surface area (Å²) < 4.78 is 31.8. The van der Waals surface area contributed by atoms with E-state index in [1.165, 1.54) is 24.5 Å². The van der Waals surface area contributed by atoms with Crippen LogP contribution in [0.25, 0.3) is 11.3 Å². The number of rotatable bonds is 5. The molecule has 13 heteroatoms. The van der Waals surface area contributed by atoms with Crippen molar-refractivity contribution in [2.75, 3.05) is 48.4 Å². The first kappa shape index (κ1) is 26.4. The van der Waals surface area contributed by atoms with Crippen LogP contribution in [0.5, 0.6) is 5.88 Å². The molecule has 0 spiro atoms. The molecule has 2 aliphatic heterocycles. The predicted molar refractivity (Wildman–Crippen MR) is 140 cm³/mol. The topological polar surface area (TPSA) is 135 Å². The summed E-state index contributed by atoms with van der Waals surface area (Å²) in [4.78, 5) is 39.1. The number of carbonyl (C=O) groups excluding carboxylic acids is 2. The molecule has 39 heavy (non-hydrogen) atoms. The predicted octanol–water partition coefficient (Wildman–Crippen LogP) is 3.77. The van der Waals surface area contributed by atoms with Crippen LogP contribution < -0.4 is 20.3 Å². The largest absolute Gasteiger partial charge is 0.469 e. The third-order valence-corrected chi connectivity index (χ3v) is 6.49. The van der Waals surface area contributed by atoms with Crippen molar-refractivity contribution in [3.63, 3.8) is 0 Å². The monoisotopic (exact) mass is 539 g/mol. The maximum Gasteiger partial charge on any atom is 0.325 e. The van der Waals surface area contributed by atoms with Crippen LogP contribution >= 0.6 is 0 Å². The molecule has 5 rings (SSSR count). The number of halogens is 1. The third kappa shape index (κ3) is 5.48. The molecule has 0 radical (unpaired) electrons. The fourth-order valence-electron chi connectivity index (χ4n) is 4.61. The lowest BCUT2D eigenvalue weighted by Crippen LogP contribution is -2.44. The number of aromatic nitrogens is 3. The Kier molecular flexibility index (Phi) is 7.08. The fourth-order valence-corrected chi connectivity index (χ4v) is 4.61. The van der Waals surface area contributed by atoms with E-state index >= 15 is 4.39 Å². The molecule has 1 saturated heterocycles. The van der Waals surface area contributed by atoms with E-state index in [9.17, 15) is 9.59 Å². The van der Waals surface area contributed by atoms with E-state index in [-0.39, 0.29) is 40.6 Å². The van der Waals surface area contributed by atoms with Crippen LogP contribution in [-0.4, -0.2) is 76.5 Å². The van der Waals surface area contributed by atoms with Crippen molar-refractivity contribution < 1.29 is 28.0 Å². The molecule has 1 fully saturated rings. The molecule has 0 unspecified atom stereocenters. The van der Waals surface area contributed by atoms with Crippen LogP contribution in [-0.2, 0) is 4.74 Å². The summed E-state index contributed by atoms with van der Waals surface area (Å²) in [7, 11) is 0. The van der Waals surface area contributed by atoms with Gasteiger partial charge in [0.2, 0.25) is 11.8 Å². The number of benzene rings is 1. The third-order valence-electron chi connectivity index (χ3n) is 6.49. The van der Waals surface area contributed by atoms with Gasteiger partial charge in [-0.05, 0) is 39.8 Å². The minimum atomic E-state index is -0.717. The van der Waals surface area contributed by atoms with Gasteiger partial charge in [0.25, 0.3) is 5.91 Å². The standard InChI is InChI=1S/C26H30FN7O5/c1-5-33-14-26(3,4)39-22-20(23(33)35)21(30-24(31-22)34-9-11-37-13-15(34)2)16-6-7-18(17(27)12-16)28-25(36)29-19-8-10-38-32-19/h6-8,10,12,15H,5,9,11,13-14H2,1-4H3,(H2,28,29,32,36)/t15-/m0/s1. The number of hydrogen-bond acceptors (Lipinski definition) is 9. The maximum absolute atomic E-state index is 15.3. The number of amides is 3. The molecular weight excluding hydrogens is 509 g/mol. The fraction of sp³-hybridized carbons (Fsp3) is 0.423. The van der Waals surface area contributed by atoms with Gasteiger partial charge in [-0.1, -0.05) is 11.2 Å². The van der Waals surface area contributed by atoms with E-state index in [1.807, 2.05) is 32.6 Å². The summed E-state index contributed by atoms with van der Waals surface area (Å²) in [5, 5.41) is 8.47. The SMILES string of the molecule is CCN1CC(C)(C)Oc2nc(N3CCOC[C@@H]3C)nc(-c3ccc(NC(=O)Nc4ccon4)c(F)c3)c2C1=O. The summed E-state index contributed by atoms with van der Waals surface area (Å²) >= 11 is 0. The number of anilines is 3. The minimum Gasteiger partial charge on any atom is -0.469 e. The Bertz CT molecular complexity index is 1380. The summed E-state index contributed by atoms with van der Waals surface area (Å²) in [6.07, 6.45) is 1.30. The van der Waals surface area contributed by atoms with Crippen molar-refractivity contribution in [1.29, 1.82) is 0 Å². The Morgan fingerprint density at radius 3 is 2.74 bits per heavy atom. The highest BCUT2D eigenvalue weighted by Crippen LogP contribution is 2.37. The van der Waals surface area contributed by atoms with Gasteiger partial charge in [0.1, 0.15) is 23.2 Å². The number of urea groups is 1. The quantitative estimate of drug-likeness (QED) is 0.497. The number of fused-ring (bicyclic) bond motifs is 1. The van der Waals surface area contributed by atoms with Crippen molar-refractivity contribution in [3.8, 4) is 17.1 Å². The van der Waals surface area contributed by atoms with Gasteiger partial charge in [0, 0.05) is 24.7 Å². The summed E-state index contributed by atoms with van der Waals surface area (Å²) in [6, 6.07) is 4.95. The van der Waals surface area contributed by atoms with Crippen LogP contribution in [0.3, 0.4) is 0 Å². The van der Waals surface area contributed by atoms with Crippen LogP contribution in [0.1, 0.15) is 38.1 Å². The van der Waals surface area contributed by atoms with E-state index in [4.69, 9.17) is 14.5 Å². The van der Waals surface area contributed by atoms with E-state index < -0.39 is 17.4 Å². The average molecular weight is 540 g/mol. The van der Waals surface area contributed by atoms with Gasteiger partial charge in [-0.3, -0.25) is 10.1 Å². The first-order valence-electron chi connectivity index (χ1n) is 12.7. The van der Waals surface area contributed by atoms with Crippen molar-refractivity contribution in [1.82, 2.24) is 20.0 Å². The zero-order valence-corrected chi connectivity index (χ0v) is 22.2. The van der Waals surface area contributed by atoms with Crippen LogP contribution in [0.4, 0.5) is 26.6 Å². The molecule has 0 aliphatic carbocycles. The second-order valence-corrected chi connectivity index (χ2v) is 10.0. The molecule has 1 atom stereocenters. The van der Waals surface area contributed by atoms with Gasteiger partial charge >= 0.3 is 6.03 Å².